The van der Waals surface area contributed by atoms with E-state index in [9.17, 15) is 4.79 Å². The lowest BCUT2D eigenvalue weighted by Crippen LogP contribution is -2.24. The average molecular weight is 387 g/mol. The van der Waals surface area contributed by atoms with Crippen molar-refractivity contribution in [2.24, 2.45) is 5.10 Å². The molecule has 1 amide bonds. The van der Waals surface area contributed by atoms with Gasteiger partial charge >= 0.3 is 0 Å². The molecule has 0 spiro atoms. The van der Waals surface area contributed by atoms with Crippen molar-refractivity contribution in [3.8, 4) is 5.75 Å². The zero-order valence-electron chi connectivity index (χ0n) is 13.6. The van der Waals surface area contributed by atoms with Crippen LogP contribution in [0.25, 0.3) is 6.08 Å². The molecule has 0 aliphatic heterocycles. The molecule has 0 bridgehead atoms. The molecule has 24 heavy (non-hydrogen) atoms. The maximum atomic E-state index is 11.7. The average Bonchev–Trinajstić information content (AvgIpc) is 2.55. The van der Waals surface area contributed by atoms with Crippen molar-refractivity contribution in [1.82, 2.24) is 5.43 Å². The number of benzene rings is 2. The lowest BCUT2D eigenvalue weighted by atomic mass is 10.1. The number of carbonyl (C=O) groups is 1. The number of allylic oxidation sites excluding steroid dienone is 1. The molecule has 5 heteroatoms. The van der Waals surface area contributed by atoms with Gasteiger partial charge in [0.1, 0.15) is 5.75 Å². The summed E-state index contributed by atoms with van der Waals surface area (Å²) in [5.74, 6) is 0.385. The number of rotatable bonds is 6. The maximum Gasteiger partial charge on any atom is 0.277 e. The minimum absolute atomic E-state index is 0.0821. The van der Waals surface area contributed by atoms with Gasteiger partial charge in [0.05, 0.1) is 6.21 Å². The summed E-state index contributed by atoms with van der Waals surface area (Å²) in [5.41, 5.74) is 5.63. The number of carbonyl (C=O) groups excluding carboxylic acids is 1. The molecule has 2 aromatic carbocycles. The van der Waals surface area contributed by atoms with Gasteiger partial charge in [-0.05, 0) is 53.0 Å². The first-order chi connectivity index (χ1) is 11.5. The van der Waals surface area contributed by atoms with E-state index in [0.29, 0.717) is 5.75 Å². The number of amides is 1. The SMILES string of the molecule is Cc1ccc(OCC(=O)NN=CC(Br)=Cc2ccccc2)c(C)c1. The number of hydrogen-bond acceptors (Lipinski definition) is 3. The van der Waals surface area contributed by atoms with Gasteiger partial charge in [-0.25, -0.2) is 5.43 Å². The Bertz CT molecular complexity index is 755. The van der Waals surface area contributed by atoms with Gasteiger partial charge in [-0.2, -0.15) is 5.10 Å². The fraction of sp³-hybridized carbons (Fsp3) is 0.158. The van der Waals surface area contributed by atoms with E-state index in [-0.39, 0.29) is 12.5 Å². The molecule has 0 aliphatic carbocycles. The summed E-state index contributed by atoms with van der Waals surface area (Å²) in [4.78, 5) is 11.7. The number of halogens is 1. The molecule has 4 nitrogen and oxygen atoms in total. The van der Waals surface area contributed by atoms with Crippen molar-refractivity contribution >= 4 is 34.1 Å². The fourth-order valence-electron chi connectivity index (χ4n) is 2.05. The van der Waals surface area contributed by atoms with E-state index in [1.807, 2.05) is 68.5 Å². The summed E-state index contributed by atoms with van der Waals surface area (Å²) in [6, 6.07) is 15.6. The minimum atomic E-state index is -0.314. The maximum absolute atomic E-state index is 11.7. The molecule has 0 saturated carbocycles. The number of hydrogen-bond donors (Lipinski definition) is 1. The van der Waals surface area contributed by atoms with Gasteiger partial charge in [0.2, 0.25) is 0 Å². The highest BCUT2D eigenvalue weighted by atomic mass is 79.9. The second-order valence-corrected chi connectivity index (χ2v) is 6.21. The van der Waals surface area contributed by atoms with Crippen LogP contribution in [-0.4, -0.2) is 18.7 Å². The monoisotopic (exact) mass is 386 g/mol. The van der Waals surface area contributed by atoms with Crippen LogP contribution < -0.4 is 10.2 Å². The molecule has 2 aromatic rings. The van der Waals surface area contributed by atoms with Gasteiger partial charge in [0.25, 0.3) is 5.91 Å². The predicted molar refractivity (Wildman–Crippen MR) is 101 cm³/mol. The molecule has 0 unspecified atom stereocenters. The van der Waals surface area contributed by atoms with Gasteiger partial charge in [0, 0.05) is 4.48 Å². The van der Waals surface area contributed by atoms with E-state index in [0.717, 1.165) is 21.2 Å². The van der Waals surface area contributed by atoms with Crippen molar-refractivity contribution in [1.29, 1.82) is 0 Å². The number of nitrogens with zero attached hydrogens (tertiary/aromatic N) is 1. The Kier molecular flexibility index (Phi) is 6.75. The predicted octanol–water partition coefficient (Wildman–Crippen LogP) is 4.22. The number of aryl methyl sites for hydroxylation is 2. The van der Waals surface area contributed by atoms with Crippen molar-refractivity contribution < 1.29 is 9.53 Å². The molecule has 0 atom stereocenters. The van der Waals surface area contributed by atoms with Crippen LogP contribution in [0.1, 0.15) is 16.7 Å². The largest absolute Gasteiger partial charge is 0.483 e. The lowest BCUT2D eigenvalue weighted by Gasteiger charge is -2.08. The standard InChI is InChI=1S/C19H19BrN2O2/c1-14-8-9-18(15(2)10-14)24-13-19(23)22-21-12-17(20)11-16-6-4-3-5-7-16/h3-12H,13H2,1-2H3,(H,22,23). The first kappa shape index (κ1) is 17.9. The molecule has 0 aromatic heterocycles. The molecule has 0 radical (unpaired) electrons. The third-order valence-electron chi connectivity index (χ3n) is 3.17. The van der Waals surface area contributed by atoms with E-state index >= 15 is 0 Å². The van der Waals surface area contributed by atoms with Gasteiger partial charge < -0.3 is 4.74 Å². The molecule has 124 valence electrons. The summed E-state index contributed by atoms with van der Waals surface area (Å²) < 4.78 is 6.25. The molecule has 2 rings (SSSR count). The number of nitrogens with one attached hydrogen (secondary N) is 1. The molecule has 0 aliphatic rings. The van der Waals surface area contributed by atoms with E-state index in [1.165, 1.54) is 6.21 Å². The smallest absolute Gasteiger partial charge is 0.277 e. The quantitative estimate of drug-likeness (QED) is 0.596. The molecule has 0 heterocycles. The second kappa shape index (κ2) is 9.03. The van der Waals surface area contributed by atoms with Crippen LogP contribution in [0, 0.1) is 13.8 Å². The highest BCUT2D eigenvalue weighted by Crippen LogP contribution is 2.18. The zero-order chi connectivity index (χ0) is 17.4. The van der Waals surface area contributed by atoms with Gasteiger partial charge in [-0.1, -0.05) is 48.0 Å². The molecular weight excluding hydrogens is 368 g/mol. The van der Waals surface area contributed by atoms with Crippen molar-refractivity contribution in [3.05, 3.63) is 69.7 Å². The van der Waals surface area contributed by atoms with Crippen LogP contribution in [0.2, 0.25) is 0 Å². The summed E-state index contributed by atoms with van der Waals surface area (Å²) >= 11 is 3.39. The minimum Gasteiger partial charge on any atom is -0.483 e. The number of ether oxygens (including phenoxy) is 1. The fourth-order valence-corrected chi connectivity index (χ4v) is 2.42. The van der Waals surface area contributed by atoms with Crippen molar-refractivity contribution in [2.45, 2.75) is 13.8 Å². The van der Waals surface area contributed by atoms with Gasteiger partial charge in [0.15, 0.2) is 6.61 Å². The van der Waals surface area contributed by atoms with Crippen LogP contribution in [0.5, 0.6) is 5.75 Å². The van der Waals surface area contributed by atoms with Crippen molar-refractivity contribution in [3.63, 3.8) is 0 Å². The summed E-state index contributed by atoms with van der Waals surface area (Å²) in [6.07, 6.45) is 3.43. The highest BCUT2D eigenvalue weighted by Gasteiger charge is 2.04. The topological polar surface area (TPSA) is 50.7 Å². The summed E-state index contributed by atoms with van der Waals surface area (Å²) in [6.45, 7) is 3.88. The van der Waals surface area contributed by atoms with Crippen LogP contribution in [0.4, 0.5) is 0 Å². The Morgan fingerprint density at radius 3 is 2.67 bits per heavy atom. The molecular formula is C19H19BrN2O2. The molecule has 1 N–H and O–H groups in total. The van der Waals surface area contributed by atoms with E-state index in [2.05, 4.69) is 26.5 Å². The number of hydrazone groups is 1. The summed E-state index contributed by atoms with van der Waals surface area (Å²) in [7, 11) is 0. The van der Waals surface area contributed by atoms with E-state index < -0.39 is 0 Å². The lowest BCUT2D eigenvalue weighted by molar-refractivity contribution is -0.123. The van der Waals surface area contributed by atoms with E-state index in [4.69, 9.17) is 4.74 Å². The molecule has 0 saturated heterocycles. The molecule has 0 fully saturated rings. The Hall–Kier alpha value is -2.40. The normalized spacial score (nSPS) is 11.5. The Morgan fingerprint density at radius 2 is 1.96 bits per heavy atom. The zero-order valence-corrected chi connectivity index (χ0v) is 15.2. The van der Waals surface area contributed by atoms with Gasteiger partial charge in [-0.15, -0.1) is 0 Å². The first-order valence-electron chi connectivity index (χ1n) is 7.49. The van der Waals surface area contributed by atoms with Gasteiger partial charge in [-0.3, -0.25) is 4.79 Å². The third kappa shape index (κ3) is 6.01. The van der Waals surface area contributed by atoms with E-state index in [1.54, 1.807) is 0 Å². The highest BCUT2D eigenvalue weighted by molar-refractivity contribution is 9.12. The second-order valence-electron chi connectivity index (χ2n) is 5.29. The van der Waals surface area contributed by atoms with Crippen LogP contribution in [0.15, 0.2) is 58.1 Å². The first-order valence-corrected chi connectivity index (χ1v) is 8.28. The Morgan fingerprint density at radius 1 is 1.21 bits per heavy atom. The third-order valence-corrected chi connectivity index (χ3v) is 3.60. The van der Waals surface area contributed by atoms with Crippen LogP contribution in [0.3, 0.4) is 0 Å². The van der Waals surface area contributed by atoms with Crippen LogP contribution >= 0.6 is 15.9 Å². The Labute approximate surface area is 150 Å². The van der Waals surface area contributed by atoms with Crippen molar-refractivity contribution in [2.75, 3.05) is 6.61 Å². The van der Waals surface area contributed by atoms with Crippen LogP contribution in [-0.2, 0) is 4.79 Å². The Balaban J connectivity index is 1.81. The summed E-state index contributed by atoms with van der Waals surface area (Å²) in [5, 5.41) is 3.90.